The smallest absolute Gasteiger partial charge is 0.124 e. The van der Waals surface area contributed by atoms with Gasteiger partial charge in [-0.3, -0.25) is 5.41 Å². The van der Waals surface area contributed by atoms with Crippen LogP contribution in [0.25, 0.3) is 0 Å². The number of aryl methyl sites for hydroxylation is 1. The van der Waals surface area contributed by atoms with Crippen LogP contribution in [0.3, 0.4) is 0 Å². The summed E-state index contributed by atoms with van der Waals surface area (Å²) in [5.41, 5.74) is 10.2. The first-order valence-corrected chi connectivity index (χ1v) is 7.40. The maximum atomic E-state index is 7.66. The molecule has 0 aliphatic rings. The molecule has 4 nitrogen and oxygen atoms in total. The van der Waals surface area contributed by atoms with Crippen molar-refractivity contribution in [3.05, 3.63) is 44.3 Å². The summed E-state index contributed by atoms with van der Waals surface area (Å²) in [6.45, 7) is 2.76. The fraction of sp³-hybridized carbons (Fsp3) is 0.231. The Kier molecular flexibility index (Phi) is 4.21. The van der Waals surface area contributed by atoms with Crippen molar-refractivity contribution >= 4 is 38.8 Å². The number of anilines is 1. The first-order valence-electron chi connectivity index (χ1n) is 5.73. The maximum absolute atomic E-state index is 7.66. The van der Waals surface area contributed by atoms with Gasteiger partial charge in [0.05, 0.1) is 17.7 Å². The third kappa shape index (κ3) is 3.13. The SMILES string of the molecule is Cc1ncsc1CN(C)c1cc(Br)ccc1C(=N)N. The van der Waals surface area contributed by atoms with E-state index in [1.165, 1.54) is 4.88 Å². The van der Waals surface area contributed by atoms with E-state index in [1.54, 1.807) is 11.3 Å². The lowest BCUT2D eigenvalue weighted by Crippen LogP contribution is -2.22. The highest BCUT2D eigenvalue weighted by atomic mass is 79.9. The summed E-state index contributed by atoms with van der Waals surface area (Å²) >= 11 is 5.10. The van der Waals surface area contributed by atoms with Gasteiger partial charge in [-0.05, 0) is 25.1 Å². The van der Waals surface area contributed by atoms with Crippen LogP contribution in [0.4, 0.5) is 5.69 Å². The van der Waals surface area contributed by atoms with Gasteiger partial charge in [0.25, 0.3) is 0 Å². The van der Waals surface area contributed by atoms with E-state index >= 15 is 0 Å². The van der Waals surface area contributed by atoms with Gasteiger partial charge in [-0.2, -0.15) is 0 Å². The Balaban J connectivity index is 2.32. The molecule has 1 aromatic heterocycles. The number of aromatic nitrogens is 1. The van der Waals surface area contributed by atoms with E-state index in [9.17, 15) is 0 Å². The van der Waals surface area contributed by atoms with Crippen LogP contribution in [-0.2, 0) is 6.54 Å². The Labute approximate surface area is 124 Å². The molecule has 2 aromatic rings. The highest BCUT2D eigenvalue weighted by Crippen LogP contribution is 2.26. The number of nitrogens with two attached hydrogens (primary N) is 1. The molecule has 0 aliphatic carbocycles. The first kappa shape index (κ1) is 14.0. The van der Waals surface area contributed by atoms with Gasteiger partial charge in [0.15, 0.2) is 0 Å². The standard InChI is InChI=1S/C13H15BrN4S/c1-8-12(19-7-17-8)6-18(2)11-5-9(14)3-4-10(11)13(15)16/h3-5,7H,6H2,1-2H3,(H3,15,16). The topological polar surface area (TPSA) is 66.0 Å². The zero-order valence-electron chi connectivity index (χ0n) is 10.8. The summed E-state index contributed by atoms with van der Waals surface area (Å²) in [5.74, 6) is 0.0791. The van der Waals surface area contributed by atoms with Gasteiger partial charge in [0.2, 0.25) is 0 Å². The Morgan fingerprint density at radius 2 is 2.26 bits per heavy atom. The Bertz CT molecular complexity index is 608. The van der Waals surface area contributed by atoms with Crippen molar-refractivity contribution in [2.24, 2.45) is 5.73 Å². The normalized spacial score (nSPS) is 10.5. The van der Waals surface area contributed by atoms with Crippen LogP contribution in [0.1, 0.15) is 16.1 Å². The van der Waals surface area contributed by atoms with Crippen LogP contribution in [0.15, 0.2) is 28.2 Å². The molecule has 0 atom stereocenters. The van der Waals surface area contributed by atoms with Crippen molar-refractivity contribution in [2.75, 3.05) is 11.9 Å². The van der Waals surface area contributed by atoms with Gasteiger partial charge in [-0.15, -0.1) is 11.3 Å². The fourth-order valence-corrected chi connectivity index (χ4v) is 3.01. The van der Waals surface area contributed by atoms with E-state index in [0.717, 1.165) is 28.0 Å². The van der Waals surface area contributed by atoms with Crippen molar-refractivity contribution in [1.82, 2.24) is 4.98 Å². The lowest BCUT2D eigenvalue weighted by molar-refractivity contribution is 0.923. The molecule has 100 valence electrons. The number of amidine groups is 1. The number of rotatable bonds is 4. The molecule has 2 rings (SSSR count). The molecule has 0 saturated carbocycles. The summed E-state index contributed by atoms with van der Waals surface area (Å²) in [6.07, 6.45) is 0. The molecule has 0 radical (unpaired) electrons. The van der Waals surface area contributed by atoms with Crippen LogP contribution in [0.2, 0.25) is 0 Å². The molecule has 3 N–H and O–H groups in total. The van der Waals surface area contributed by atoms with Gasteiger partial charge in [0, 0.05) is 27.6 Å². The molecule has 0 bridgehead atoms. The first-order chi connectivity index (χ1) is 8.99. The lowest BCUT2D eigenvalue weighted by atomic mass is 10.1. The number of nitrogens with zero attached hydrogens (tertiary/aromatic N) is 2. The van der Waals surface area contributed by atoms with Gasteiger partial charge in [-0.25, -0.2) is 4.98 Å². The zero-order valence-corrected chi connectivity index (χ0v) is 13.2. The predicted molar refractivity (Wildman–Crippen MR) is 84.1 cm³/mol. The van der Waals surface area contributed by atoms with Crippen LogP contribution in [0, 0.1) is 12.3 Å². The van der Waals surface area contributed by atoms with Gasteiger partial charge in [-0.1, -0.05) is 15.9 Å². The lowest BCUT2D eigenvalue weighted by Gasteiger charge is -2.22. The number of thiazole rings is 1. The molecule has 1 heterocycles. The zero-order chi connectivity index (χ0) is 14.0. The molecule has 6 heteroatoms. The van der Waals surface area contributed by atoms with Crippen molar-refractivity contribution in [1.29, 1.82) is 5.41 Å². The summed E-state index contributed by atoms with van der Waals surface area (Å²) in [6, 6.07) is 5.73. The van der Waals surface area contributed by atoms with Crippen LogP contribution >= 0.6 is 27.3 Å². The molecular formula is C13H15BrN4S. The predicted octanol–water partition coefficient (Wildman–Crippen LogP) is 3.13. The van der Waals surface area contributed by atoms with Crippen molar-refractivity contribution in [3.8, 4) is 0 Å². The van der Waals surface area contributed by atoms with E-state index in [-0.39, 0.29) is 5.84 Å². The number of nitrogen functional groups attached to an aromatic ring is 1. The highest BCUT2D eigenvalue weighted by Gasteiger charge is 2.12. The minimum Gasteiger partial charge on any atom is -0.384 e. The fourth-order valence-electron chi connectivity index (χ4n) is 1.83. The third-order valence-electron chi connectivity index (χ3n) is 2.89. The molecular weight excluding hydrogens is 324 g/mol. The number of hydrogen-bond donors (Lipinski definition) is 2. The van der Waals surface area contributed by atoms with E-state index in [2.05, 4.69) is 25.8 Å². The maximum Gasteiger partial charge on any atom is 0.124 e. The minimum atomic E-state index is 0.0791. The number of hydrogen-bond acceptors (Lipinski definition) is 4. The van der Waals surface area contributed by atoms with Crippen molar-refractivity contribution < 1.29 is 0 Å². The Morgan fingerprint density at radius 1 is 1.53 bits per heavy atom. The van der Waals surface area contributed by atoms with Crippen LogP contribution < -0.4 is 10.6 Å². The largest absolute Gasteiger partial charge is 0.384 e. The highest BCUT2D eigenvalue weighted by molar-refractivity contribution is 9.10. The molecule has 0 amide bonds. The quantitative estimate of drug-likeness (QED) is 0.664. The third-order valence-corrected chi connectivity index (χ3v) is 4.30. The summed E-state index contributed by atoms with van der Waals surface area (Å²) in [5, 5.41) is 7.66. The average molecular weight is 339 g/mol. The van der Waals surface area contributed by atoms with Gasteiger partial charge < -0.3 is 10.6 Å². The monoisotopic (exact) mass is 338 g/mol. The van der Waals surface area contributed by atoms with Crippen molar-refractivity contribution in [2.45, 2.75) is 13.5 Å². The second-order valence-corrected chi connectivity index (χ2v) is 6.15. The molecule has 0 unspecified atom stereocenters. The van der Waals surface area contributed by atoms with E-state index in [4.69, 9.17) is 11.1 Å². The molecule has 0 spiro atoms. The van der Waals surface area contributed by atoms with Crippen molar-refractivity contribution in [3.63, 3.8) is 0 Å². The number of nitrogens with one attached hydrogen (secondary N) is 1. The van der Waals surface area contributed by atoms with E-state index < -0.39 is 0 Å². The molecule has 0 fully saturated rings. The molecule has 0 aliphatic heterocycles. The summed E-state index contributed by atoms with van der Waals surface area (Å²) in [7, 11) is 1.99. The van der Waals surface area contributed by atoms with E-state index in [0.29, 0.717) is 0 Å². The average Bonchev–Trinajstić information content (AvgIpc) is 2.74. The van der Waals surface area contributed by atoms with E-state index in [1.807, 2.05) is 37.7 Å². The summed E-state index contributed by atoms with van der Waals surface area (Å²) in [4.78, 5) is 7.56. The summed E-state index contributed by atoms with van der Waals surface area (Å²) < 4.78 is 0.973. The second-order valence-electron chi connectivity index (χ2n) is 4.29. The molecule has 1 aromatic carbocycles. The molecule has 0 saturated heterocycles. The number of benzene rings is 1. The van der Waals surface area contributed by atoms with Crippen LogP contribution in [-0.4, -0.2) is 17.9 Å². The van der Waals surface area contributed by atoms with Gasteiger partial charge >= 0.3 is 0 Å². The molecule has 19 heavy (non-hydrogen) atoms. The van der Waals surface area contributed by atoms with Gasteiger partial charge in [0.1, 0.15) is 5.84 Å². The Morgan fingerprint density at radius 3 is 2.84 bits per heavy atom. The van der Waals surface area contributed by atoms with Crippen LogP contribution in [0.5, 0.6) is 0 Å². The number of halogens is 1. The minimum absolute atomic E-state index is 0.0791. The second kappa shape index (κ2) is 5.71. The Hall–Kier alpha value is -1.40.